The predicted molar refractivity (Wildman–Crippen MR) is 79.2 cm³/mol. The van der Waals surface area contributed by atoms with Crippen LogP contribution in [0.25, 0.3) is 5.69 Å². The lowest BCUT2D eigenvalue weighted by atomic mass is 10.2. The molecule has 1 aromatic carbocycles. The molecule has 0 saturated heterocycles. The number of carbonyl (C=O) groups is 1. The zero-order valence-corrected chi connectivity index (χ0v) is 11.7. The minimum absolute atomic E-state index is 0.0412. The average molecular weight is 272 g/mol. The van der Waals surface area contributed by atoms with Crippen molar-refractivity contribution in [2.45, 2.75) is 13.3 Å². The molecule has 106 valence electrons. The maximum absolute atomic E-state index is 11.9. The van der Waals surface area contributed by atoms with Crippen LogP contribution in [-0.2, 0) is 4.74 Å². The van der Waals surface area contributed by atoms with E-state index in [1.807, 2.05) is 60.3 Å². The lowest BCUT2D eigenvalue weighted by molar-refractivity contribution is 0.0944. The number of benzene rings is 1. The van der Waals surface area contributed by atoms with Gasteiger partial charge in [-0.15, -0.1) is 0 Å². The third-order valence-electron chi connectivity index (χ3n) is 2.99. The van der Waals surface area contributed by atoms with Gasteiger partial charge in [-0.25, -0.2) is 0 Å². The fraction of sp³-hybridized carbons (Fsp3) is 0.312. The third kappa shape index (κ3) is 3.96. The summed E-state index contributed by atoms with van der Waals surface area (Å²) < 4.78 is 7.23. The lowest BCUT2D eigenvalue weighted by Gasteiger charge is -2.07. The van der Waals surface area contributed by atoms with E-state index in [1.165, 1.54) is 0 Å². The standard InChI is InChI=1S/C16H20N2O2/c1-2-20-13-5-10-17-16(19)14-6-8-15(9-7-14)18-11-3-4-12-18/h3-4,6-9,11-12H,2,5,10,13H2,1H3,(H,17,19). The Morgan fingerprint density at radius 2 is 1.90 bits per heavy atom. The molecule has 0 aliphatic carbocycles. The Balaban J connectivity index is 1.85. The Labute approximate surface area is 119 Å². The normalized spacial score (nSPS) is 10.4. The topological polar surface area (TPSA) is 43.3 Å². The zero-order chi connectivity index (χ0) is 14.2. The molecule has 0 aliphatic heterocycles. The molecule has 0 saturated carbocycles. The van der Waals surface area contributed by atoms with Gasteiger partial charge in [-0.3, -0.25) is 4.79 Å². The quantitative estimate of drug-likeness (QED) is 0.787. The van der Waals surface area contributed by atoms with Crippen LogP contribution in [0.15, 0.2) is 48.8 Å². The molecular formula is C16H20N2O2. The molecule has 0 bridgehead atoms. The zero-order valence-electron chi connectivity index (χ0n) is 11.7. The Bertz CT molecular complexity index is 518. The van der Waals surface area contributed by atoms with Crippen molar-refractivity contribution in [3.8, 4) is 5.69 Å². The number of carbonyl (C=O) groups excluding carboxylic acids is 1. The number of rotatable bonds is 7. The maximum atomic E-state index is 11.9. The summed E-state index contributed by atoms with van der Waals surface area (Å²) in [7, 11) is 0. The average Bonchev–Trinajstić information content (AvgIpc) is 3.01. The van der Waals surface area contributed by atoms with E-state index in [0.717, 1.165) is 18.7 Å². The highest BCUT2D eigenvalue weighted by Gasteiger charge is 2.04. The summed E-state index contributed by atoms with van der Waals surface area (Å²) in [5.74, 6) is -0.0412. The molecule has 0 radical (unpaired) electrons. The van der Waals surface area contributed by atoms with Crippen LogP contribution in [0.3, 0.4) is 0 Å². The van der Waals surface area contributed by atoms with Gasteiger partial charge in [0, 0.05) is 43.4 Å². The van der Waals surface area contributed by atoms with Crippen molar-refractivity contribution >= 4 is 5.91 Å². The molecule has 0 spiro atoms. The first-order chi connectivity index (χ1) is 9.81. The van der Waals surface area contributed by atoms with Crippen LogP contribution in [0.5, 0.6) is 0 Å². The van der Waals surface area contributed by atoms with Gasteiger partial charge in [0.15, 0.2) is 0 Å². The first-order valence-electron chi connectivity index (χ1n) is 6.90. The Morgan fingerprint density at radius 3 is 2.55 bits per heavy atom. The SMILES string of the molecule is CCOCCCNC(=O)c1ccc(-n2cccc2)cc1. The second-order valence-corrected chi connectivity index (χ2v) is 4.44. The second-order valence-electron chi connectivity index (χ2n) is 4.44. The summed E-state index contributed by atoms with van der Waals surface area (Å²) in [4.78, 5) is 11.9. The Hall–Kier alpha value is -2.07. The maximum Gasteiger partial charge on any atom is 0.251 e. The van der Waals surface area contributed by atoms with Crippen molar-refractivity contribution in [1.29, 1.82) is 0 Å². The number of aromatic nitrogens is 1. The number of ether oxygens (including phenoxy) is 1. The van der Waals surface area contributed by atoms with Crippen LogP contribution in [0, 0.1) is 0 Å². The van der Waals surface area contributed by atoms with Crippen LogP contribution < -0.4 is 5.32 Å². The van der Waals surface area contributed by atoms with Crippen molar-refractivity contribution in [2.24, 2.45) is 0 Å². The Morgan fingerprint density at radius 1 is 1.20 bits per heavy atom. The molecule has 2 aromatic rings. The van der Waals surface area contributed by atoms with Crippen molar-refractivity contribution in [2.75, 3.05) is 19.8 Å². The number of nitrogens with zero attached hydrogens (tertiary/aromatic N) is 1. The highest BCUT2D eigenvalue weighted by atomic mass is 16.5. The van der Waals surface area contributed by atoms with Gasteiger partial charge in [-0.05, 0) is 49.7 Å². The molecular weight excluding hydrogens is 252 g/mol. The molecule has 0 atom stereocenters. The smallest absolute Gasteiger partial charge is 0.251 e. The van der Waals surface area contributed by atoms with Gasteiger partial charge in [0.1, 0.15) is 0 Å². The minimum atomic E-state index is -0.0412. The highest BCUT2D eigenvalue weighted by molar-refractivity contribution is 5.94. The van der Waals surface area contributed by atoms with Crippen LogP contribution in [-0.4, -0.2) is 30.2 Å². The highest BCUT2D eigenvalue weighted by Crippen LogP contribution is 2.09. The van der Waals surface area contributed by atoms with Gasteiger partial charge < -0.3 is 14.6 Å². The van der Waals surface area contributed by atoms with Crippen molar-refractivity contribution in [3.63, 3.8) is 0 Å². The third-order valence-corrected chi connectivity index (χ3v) is 2.99. The summed E-state index contributed by atoms with van der Waals surface area (Å²) in [5.41, 5.74) is 1.72. The molecule has 1 amide bonds. The van der Waals surface area contributed by atoms with E-state index in [9.17, 15) is 4.79 Å². The van der Waals surface area contributed by atoms with Crippen LogP contribution in [0.2, 0.25) is 0 Å². The van der Waals surface area contributed by atoms with Crippen LogP contribution >= 0.6 is 0 Å². The first-order valence-corrected chi connectivity index (χ1v) is 6.90. The molecule has 20 heavy (non-hydrogen) atoms. The number of amides is 1. The molecule has 0 fully saturated rings. The summed E-state index contributed by atoms with van der Waals surface area (Å²) in [5, 5.41) is 2.89. The van der Waals surface area contributed by atoms with Crippen LogP contribution in [0.1, 0.15) is 23.7 Å². The lowest BCUT2D eigenvalue weighted by Crippen LogP contribution is -2.25. The minimum Gasteiger partial charge on any atom is -0.382 e. The molecule has 0 aliphatic rings. The summed E-state index contributed by atoms with van der Waals surface area (Å²) in [6, 6.07) is 11.5. The molecule has 4 nitrogen and oxygen atoms in total. The van der Waals surface area contributed by atoms with Crippen molar-refractivity contribution in [3.05, 3.63) is 54.4 Å². The van der Waals surface area contributed by atoms with Gasteiger partial charge in [0.25, 0.3) is 5.91 Å². The van der Waals surface area contributed by atoms with E-state index >= 15 is 0 Å². The van der Waals surface area contributed by atoms with Crippen LogP contribution in [0.4, 0.5) is 0 Å². The van der Waals surface area contributed by atoms with Gasteiger partial charge in [0.05, 0.1) is 0 Å². The van der Waals surface area contributed by atoms with Gasteiger partial charge in [-0.2, -0.15) is 0 Å². The number of hydrogen-bond donors (Lipinski definition) is 1. The summed E-state index contributed by atoms with van der Waals surface area (Å²) in [6.45, 7) is 4.00. The van der Waals surface area contributed by atoms with E-state index < -0.39 is 0 Å². The fourth-order valence-electron chi connectivity index (χ4n) is 1.91. The van der Waals surface area contributed by atoms with Crippen molar-refractivity contribution in [1.82, 2.24) is 9.88 Å². The first kappa shape index (κ1) is 14.3. The van der Waals surface area contributed by atoms with E-state index in [-0.39, 0.29) is 5.91 Å². The van der Waals surface area contributed by atoms with E-state index in [4.69, 9.17) is 4.74 Å². The molecule has 1 heterocycles. The molecule has 1 aromatic heterocycles. The fourth-order valence-corrected chi connectivity index (χ4v) is 1.91. The largest absolute Gasteiger partial charge is 0.382 e. The van der Waals surface area contributed by atoms with E-state index in [0.29, 0.717) is 18.7 Å². The summed E-state index contributed by atoms with van der Waals surface area (Å²) in [6.07, 6.45) is 4.78. The number of nitrogens with one attached hydrogen (secondary N) is 1. The predicted octanol–water partition coefficient (Wildman–Crippen LogP) is 2.63. The molecule has 1 N–H and O–H groups in total. The summed E-state index contributed by atoms with van der Waals surface area (Å²) >= 11 is 0. The van der Waals surface area contributed by atoms with Gasteiger partial charge >= 0.3 is 0 Å². The Kier molecular flexibility index (Phi) is 5.38. The molecule has 2 rings (SSSR count). The van der Waals surface area contributed by atoms with Crippen molar-refractivity contribution < 1.29 is 9.53 Å². The van der Waals surface area contributed by atoms with Gasteiger partial charge in [-0.1, -0.05) is 0 Å². The number of hydrogen-bond acceptors (Lipinski definition) is 2. The van der Waals surface area contributed by atoms with E-state index in [1.54, 1.807) is 0 Å². The molecule has 4 heteroatoms. The second kappa shape index (κ2) is 7.50. The monoisotopic (exact) mass is 272 g/mol. The molecule has 0 unspecified atom stereocenters. The van der Waals surface area contributed by atoms with E-state index in [2.05, 4.69) is 5.32 Å². The van der Waals surface area contributed by atoms with Gasteiger partial charge in [0.2, 0.25) is 0 Å².